The molecule has 1 aromatic carbocycles. The molecule has 1 aliphatic heterocycles. The van der Waals surface area contributed by atoms with Crippen LogP contribution in [-0.2, 0) is 19.6 Å². The molecular formula is C23H33N5O. The van der Waals surface area contributed by atoms with E-state index in [9.17, 15) is 5.11 Å². The summed E-state index contributed by atoms with van der Waals surface area (Å²) in [7, 11) is 4.24. The van der Waals surface area contributed by atoms with Crippen LogP contribution in [0.2, 0.25) is 0 Å². The monoisotopic (exact) mass is 395 g/mol. The van der Waals surface area contributed by atoms with Crippen molar-refractivity contribution in [3.63, 3.8) is 0 Å². The number of benzene rings is 1. The fraction of sp³-hybridized carbons (Fsp3) is 0.522. The van der Waals surface area contributed by atoms with Crippen molar-refractivity contribution in [3.8, 4) is 0 Å². The predicted octanol–water partition coefficient (Wildman–Crippen LogP) is 2.73. The van der Waals surface area contributed by atoms with Crippen molar-refractivity contribution in [3.05, 3.63) is 54.2 Å². The van der Waals surface area contributed by atoms with Gasteiger partial charge in [0.15, 0.2) is 0 Å². The molecule has 3 heterocycles. The quantitative estimate of drug-likeness (QED) is 0.668. The van der Waals surface area contributed by atoms with Gasteiger partial charge in [0, 0.05) is 62.2 Å². The second-order valence-electron chi connectivity index (χ2n) is 8.77. The van der Waals surface area contributed by atoms with E-state index in [4.69, 9.17) is 0 Å². The standard InChI is InChI=1S/C23H33N5O/c1-19-24-10-13-28(19)18-23(29)8-11-26(12-9-23)16-20-17-27(15-14-25(2)3)22-7-5-4-6-21(20)22/h4-7,10,13,17,29H,8-9,11-12,14-16,18H2,1-3H3. The fourth-order valence-electron chi connectivity index (χ4n) is 4.36. The Hall–Kier alpha value is -2.15. The number of hydrogen-bond donors (Lipinski definition) is 1. The van der Waals surface area contributed by atoms with Crippen molar-refractivity contribution in [2.24, 2.45) is 0 Å². The Morgan fingerprint density at radius 1 is 1.14 bits per heavy atom. The number of hydrogen-bond acceptors (Lipinski definition) is 4. The van der Waals surface area contributed by atoms with Crippen molar-refractivity contribution in [1.82, 2.24) is 23.9 Å². The Labute approximate surface area is 173 Å². The first-order chi connectivity index (χ1) is 13.9. The second kappa shape index (κ2) is 8.30. The summed E-state index contributed by atoms with van der Waals surface area (Å²) in [5, 5.41) is 12.4. The Kier molecular flexibility index (Phi) is 5.76. The molecule has 1 saturated heterocycles. The highest BCUT2D eigenvalue weighted by Crippen LogP contribution is 2.28. The van der Waals surface area contributed by atoms with Crippen LogP contribution in [0.3, 0.4) is 0 Å². The van der Waals surface area contributed by atoms with Crippen LogP contribution in [0.25, 0.3) is 10.9 Å². The van der Waals surface area contributed by atoms with E-state index in [2.05, 4.69) is 68.5 Å². The van der Waals surface area contributed by atoms with Crippen molar-refractivity contribution >= 4 is 10.9 Å². The van der Waals surface area contributed by atoms with Crippen LogP contribution >= 0.6 is 0 Å². The van der Waals surface area contributed by atoms with Gasteiger partial charge in [0.05, 0.1) is 12.1 Å². The van der Waals surface area contributed by atoms with Crippen LogP contribution in [-0.4, -0.2) is 68.4 Å². The third-order valence-electron chi connectivity index (χ3n) is 6.23. The molecule has 1 N–H and O–H groups in total. The van der Waals surface area contributed by atoms with E-state index in [0.29, 0.717) is 6.54 Å². The summed E-state index contributed by atoms with van der Waals surface area (Å²) in [4.78, 5) is 8.98. The third-order valence-corrected chi connectivity index (χ3v) is 6.23. The summed E-state index contributed by atoms with van der Waals surface area (Å²) in [6.45, 7) is 7.43. The summed E-state index contributed by atoms with van der Waals surface area (Å²) >= 11 is 0. The molecule has 0 unspecified atom stereocenters. The summed E-state index contributed by atoms with van der Waals surface area (Å²) in [5.41, 5.74) is 2.06. The van der Waals surface area contributed by atoms with Gasteiger partial charge in [0.2, 0.25) is 0 Å². The molecule has 6 nitrogen and oxygen atoms in total. The highest BCUT2D eigenvalue weighted by atomic mass is 16.3. The topological polar surface area (TPSA) is 49.5 Å². The van der Waals surface area contributed by atoms with Gasteiger partial charge in [0.1, 0.15) is 5.82 Å². The highest BCUT2D eigenvalue weighted by molar-refractivity contribution is 5.83. The number of imidazole rings is 1. The largest absolute Gasteiger partial charge is 0.388 e. The maximum atomic E-state index is 11.1. The smallest absolute Gasteiger partial charge is 0.105 e. The Morgan fingerprint density at radius 3 is 2.59 bits per heavy atom. The van der Waals surface area contributed by atoms with E-state index in [1.54, 1.807) is 6.20 Å². The molecule has 6 heteroatoms. The lowest BCUT2D eigenvalue weighted by Gasteiger charge is -2.38. The van der Waals surface area contributed by atoms with E-state index in [1.165, 1.54) is 16.5 Å². The Balaban J connectivity index is 1.43. The molecule has 0 radical (unpaired) electrons. The summed E-state index contributed by atoms with van der Waals surface area (Å²) < 4.78 is 4.45. The summed E-state index contributed by atoms with van der Waals surface area (Å²) in [6.07, 6.45) is 7.68. The van der Waals surface area contributed by atoms with Gasteiger partial charge in [-0.05, 0) is 45.5 Å². The molecule has 0 spiro atoms. The first-order valence-electron chi connectivity index (χ1n) is 10.6. The average molecular weight is 396 g/mol. The number of piperidine rings is 1. The lowest BCUT2D eigenvalue weighted by atomic mass is 9.91. The molecule has 0 amide bonds. The van der Waals surface area contributed by atoms with E-state index in [0.717, 1.165) is 51.4 Å². The summed E-state index contributed by atoms with van der Waals surface area (Å²) in [5.74, 6) is 0.964. The minimum Gasteiger partial charge on any atom is -0.388 e. The van der Waals surface area contributed by atoms with Gasteiger partial charge in [0.25, 0.3) is 0 Å². The van der Waals surface area contributed by atoms with Gasteiger partial charge in [-0.3, -0.25) is 4.90 Å². The van der Waals surface area contributed by atoms with Gasteiger partial charge >= 0.3 is 0 Å². The number of nitrogens with zero attached hydrogens (tertiary/aromatic N) is 5. The van der Waals surface area contributed by atoms with Crippen molar-refractivity contribution in [1.29, 1.82) is 0 Å². The molecular weight excluding hydrogens is 362 g/mol. The Bertz CT molecular complexity index is 949. The van der Waals surface area contributed by atoms with Crippen LogP contribution in [0, 0.1) is 6.92 Å². The van der Waals surface area contributed by atoms with Crippen LogP contribution in [0.15, 0.2) is 42.9 Å². The molecule has 0 atom stereocenters. The normalized spacial score (nSPS) is 17.4. The molecule has 1 aliphatic rings. The lowest BCUT2D eigenvalue weighted by Crippen LogP contribution is -2.46. The number of fused-ring (bicyclic) bond motifs is 1. The van der Waals surface area contributed by atoms with Crippen molar-refractivity contribution in [2.75, 3.05) is 33.7 Å². The molecule has 156 valence electrons. The molecule has 0 aliphatic carbocycles. The molecule has 3 aromatic rings. The van der Waals surface area contributed by atoms with E-state index in [1.807, 2.05) is 13.1 Å². The molecule has 0 bridgehead atoms. The van der Waals surface area contributed by atoms with Crippen LogP contribution < -0.4 is 0 Å². The number of aryl methyl sites for hydroxylation is 1. The van der Waals surface area contributed by atoms with Gasteiger partial charge < -0.3 is 19.1 Å². The van der Waals surface area contributed by atoms with Crippen LogP contribution in [0.5, 0.6) is 0 Å². The molecule has 4 rings (SSSR count). The first-order valence-corrected chi connectivity index (χ1v) is 10.6. The number of aliphatic hydroxyl groups is 1. The Morgan fingerprint density at radius 2 is 1.90 bits per heavy atom. The predicted molar refractivity (Wildman–Crippen MR) is 117 cm³/mol. The van der Waals surface area contributed by atoms with Crippen molar-refractivity contribution in [2.45, 2.75) is 45.0 Å². The maximum absolute atomic E-state index is 11.1. The molecule has 29 heavy (non-hydrogen) atoms. The van der Waals surface area contributed by atoms with Crippen molar-refractivity contribution < 1.29 is 5.11 Å². The SMILES string of the molecule is Cc1nccn1CC1(O)CCN(Cc2cn(CCN(C)C)c3ccccc23)CC1. The van der Waals surface area contributed by atoms with Gasteiger partial charge in [-0.15, -0.1) is 0 Å². The van der Waals surface area contributed by atoms with Gasteiger partial charge in [-0.1, -0.05) is 18.2 Å². The summed E-state index contributed by atoms with van der Waals surface area (Å²) in [6, 6.07) is 8.71. The minimum atomic E-state index is -0.637. The highest BCUT2D eigenvalue weighted by Gasteiger charge is 2.33. The number of rotatable bonds is 7. The number of aromatic nitrogens is 3. The number of likely N-dealkylation sites (tertiary alicyclic amines) is 1. The maximum Gasteiger partial charge on any atom is 0.105 e. The van der Waals surface area contributed by atoms with Crippen LogP contribution in [0.4, 0.5) is 0 Å². The van der Waals surface area contributed by atoms with E-state index < -0.39 is 5.60 Å². The lowest BCUT2D eigenvalue weighted by molar-refractivity contribution is -0.0360. The van der Waals surface area contributed by atoms with Gasteiger partial charge in [-0.2, -0.15) is 0 Å². The van der Waals surface area contributed by atoms with Gasteiger partial charge in [-0.25, -0.2) is 4.98 Å². The number of para-hydroxylation sites is 1. The number of likely N-dealkylation sites (N-methyl/N-ethyl adjacent to an activating group) is 1. The minimum absolute atomic E-state index is 0.635. The zero-order chi connectivity index (χ0) is 20.4. The molecule has 1 fully saturated rings. The zero-order valence-corrected chi connectivity index (χ0v) is 17.9. The molecule has 2 aromatic heterocycles. The zero-order valence-electron chi connectivity index (χ0n) is 17.9. The van der Waals surface area contributed by atoms with E-state index >= 15 is 0 Å². The fourth-order valence-corrected chi connectivity index (χ4v) is 4.36. The molecule has 0 saturated carbocycles. The average Bonchev–Trinajstić information content (AvgIpc) is 3.26. The second-order valence-corrected chi connectivity index (χ2v) is 8.77. The third kappa shape index (κ3) is 4.55. The van der Waals surface area contributed by atoms with E-state index in [-0.39, 0.29) is 0 Å². The first kappa shape index (κ1) is 20.1. The van der Waals surface area contributed by atoms with Crippen LogP contribution in [0.1, 0.15) is 24.2 Å².